The predicted octanol–water partition coefficient (Wildman–Crippen LogP) is 2.78. The van der Waals surface area contributed by atoms with Crippen LogP contribution in [0.15, 0.2) is 0 Å². The second-order valence-electron chi connectivity index (χ2n) is 5.56. The molecule has 2 fully saturated rings. The first-order valence-electron chi connectivity index (χ1n) is 6.77. The predicted molar refractivity (Wildman–Crippen MR) is 63.3 cm³/mol. The molecule has 2 nitrogen and oxygen atoms in total. The van der Waals surface area contributed by atoms with E-state index in [9.17, 15) is 8.78 Å². The Morgan fingerprint density at radius 3 is 2.71 bits per heavy atom. The molecular weight excluding hydrogens is 224 g/mol. The van der Waals surface area contributed by atoms with Crippen LogP contribution in [0.3, 0.4) is 0 Å². The lowest BCUT2D eigenvalue weighted by Gasteiger charge is -2.41. The number of alkyl halides is 2. The monoisotopic (exact) mass is 247 g/mol. The van der Waals surface area contributed by atoms with Crippen molar-refractivity contribution in [3.63, 3.8) is 0 Å². The van der Waals surface area contributed by atoms with E-state index in [1.54, 1.807) is 0 Å². The summed E-state index contributed by atoms with van der Waals surface area (Å²) in [6.45, 7) is 5.31. The molecule has 0 atom stereocenters. The first kappa shape index (κ1) is 13.2. The Labute approximate surface area is 102 Å². The molecular formula is C13H23F2NO. The van der Waals surface area contributed by atoms with Gasteiger partial charge in [0.2, 0.25) is 0 Å². The highest BCUT2D eigenvalue weighted by Crippen LogP contribution is 2.36. The van der Waals surface area contributed by atoms with Gasteiger partial charge in [-0.15, -0.1) is 0 Å². The van der Waals surface area contributed by atoms with Crippen LogP contribution in [-0.2, 0) is 4.74 Å². The van der Waals surface area contributed by atoms with Crippen molar-refractivity contribution < 1.29 is 13.5 Å². The van der Waals surface area contributed by atoms with E-state index < -0.39 is 5.92 Å². The van der Waals surface area contributed by atoms with Crippen molar-refractivity contribution in [2.45, 2.75) is 38.5 Å². The second-order valence-corrected chi connectivity index (χ2v) is 5.56. The molecule has 0 radical (unpaired) electrons. The molecule has 0 aromatic rings. The summed E-state index contributed by atoms with van der Waals surface area (Å²) in [5.74, 6) is -1.16. The smallest absolute Gasteiger partial charge is 0.260 e. The number of piperidine rings is 1. The molecule has 2 rings (SSSR count). The maximum Gasteiger partial charge on any atom is 0.260 e. The lowest BCUT2D eigenvalue weighted by Crippen LogP contribution is -2.46. The van der Waals surface area contributed by atoms with Crippen LogP contribution in [0, 0.1) is 11.8 Å². The first-order valence-corrected chi connectivity index (χ1v) is 6.77. The van der Waals surface area contributed by atoms with Crippen molar-refractivity contribution >= 4 is 0 Å². The highest BCUT2D eigenvalue weighted by atomic mass is 19.3. The zero-order valence-corrected chi connectivity index (χ0v) is 10.6. The highest BCUT2D eigenvalue weighted by Gasteiger charge is 2.37. The Kier molecular flexibility index (Phi) is 4.36. The molecule has 0 spiro atoms. The van der Waals surface area contributed by atoms with Gasteiger partial charge in [-0.1, -0.05) is 0 Å². The molecule has 0 aromatic carbocycles. The maximum absolute atomic E-state index is 13.2. The van der Waals surface area contributed by atoms with Crippen molar-refractivity contribution in [2.24, 2.45) is 11.8 Å². The van der Waals surface area contributed by atoms with E-state index in [1.807, 2.05) is 11.8 Å². The minimum atomic E-state index is -2.45. The fourth-order valence-electron chi connectivity index (χ4n) is 3.01. The van der Waals surface area contributed by atoms with Crippen LogP contribution >= 0.6 is 0 Å². The third kappa shape index (κ3) is 3.88. The third-order valence-electron chi connectivity index (χ3n) is 3.88. The van der Waals surface area contributed by atoms with E-state index in [2.05, 4.69) is 0 Å². The summed E-state index contributed by atoms with van der Waals surface area (Å²) in [4.78, 5) is 1.95. The number of nitrogens with zero attached hydrogens (tertiary/aromatic N) is 1. The van der Waals surface area contributed by atoms with Gasteiger partial charge in [-0.2, -0.15) is 0 Å². The quantitative estimate of drug-likeness (QED) is 0.740. The van der Waals surface area contributed by atoms with Gasteiger partial charge < -0.3 is 4.74 Å². The van der Waals surface area contributed by atoms with Crippen molar-refractivity contribution in [1.29, 1.82) is 0 Å². The van der Waals surface area contributed by atoms with Gasteiger partial charge in [-0.3, -0.25) is 4.90 Å². The average Bonchev–Trinajstić information content (AvgIpc) is 2.20. The molecule has 17 heavy (non-hydrogen) atoms. The van der Waals surface area contributed by atoms with Crippen molar-refractivity contribution in [3.8, 4) is 0 Å². The zero-order chi connectivity index (χ0) is 12.3. The highest BCUT2D eigenvalue weighted by molar-refractivity contribution is 4.85. The standard InChI is InChI=1S/C13H23F2NO/c1-2-17-9-12-6-11(7-12)8-16-5-3-4-13(14,15)10-16/h11-12H,2-10H2,1H3. The van der Waals surface area contributed by atoms with E-state index >= 15 is 0 Å². The fourth-order valence-corrected chi connectivity index (χ4v) is 3.01. The summed E-state index contributed by atoms with van der Waals surface area (Å²) in [6, 6.07) is 0. The molecule has 1 saturated carbocycles. The molecule has 0 amide bonds. The zero-order valence-electron chi connectivity index (χ0n) is 10.6. The minimum absolute atomic E-state index is 0.0281. The Hall–Kier alpha value is -0.220. The van der Waals surface area contributed by atoms with Gasteiger partial charge in [0.05, 0.1) is 6.54 Å². The summed E-state index contributed by atoms with van der Waals surface area (Å²) in [5, 5.41) is 0. The van der Waals surface area contributed by atoms with Gasteiger partial charge in [0, 0.05) is 26.2 Å². The maximum atomic E-state index is 13.2. The number of hydrogen-bond acceptors (Lipinski definition) is 2. The fraction of sp³-hybridized carbons (Fsp3) is 1.00. The van der Waals surface area contributed by atoms with E-state index in [-0.39, 0.29) is 13.0 Å². The van der Waals surface area contributed by atoms with Crippen LogP contribution < -0.4 is 0 Å². The Bertz CT molecular complexity index is 242. The van der Waals surface area contributed by atoms with Crippen LogP contribution in [0.4, 0.5) is 8.78 Å². The normalized spacial score (nSPS) is 33.4. The molecule has 0 bridgehead atoms. The molecule has 1 aliphatic carbocycles. The van der Waals surface area contributed by atoms with Crippen LogP contribution in [-0.4, -0.2) is 43.7 Å². The number of halogens is 2. The van der Waals surface area contributed by atoms with Crippen molar-refractivity contribution in [1.82, 2.24) is 4.90 Å². The molecule has 1 heterocycles. The van der Waals surface area contributed by atoms with Gasteiger partial charge in [0.1, 0.15) is 0 Å². The average molecular weight is 247 g/mol. The summed E-state index contributed by atoms with van der Waals surface area (Å²) in [7, 11) is 0. The summed E-state index contributed by atoms with van der Waals surface area (Å²) in [5.41, 5.74) is 0. The molecule has 0 unspecified atom stereocenters. The summed E-state index contributed by atoms with van der Waals surface area (Å²) in [6.07, 6.45) is 3.02. The minimum Gasteiger partial charge on any atom is -0.381 e. The molecule has 2 aliphatic rings. The molecule has 100 valence electrons. The number of ether oxygens (including phenoxy) is 1. The Morgan fingerprint density at radius 1 is 1.29 bits per heavy atom. The number of rotatable bonds is 5. The number of hydrogen-bond donors (Lipinski definition) is 0. The third-order valence-corrected chi connectivity index (χ3v) is 3.88. The van der Waals surface area contributed by atoms with E-state index in [1.165, 1.54) is 0 Å². The lowest BCUT2D eigenvalue weighted by molar-refractivity contribution is -0.0731. The topological polar surface area (TPSA) is 12.5 Å². The van der Waals surface area contributed by atoms with Gasteiger partial charge >= 0.3 is 0 Å². The molecule has 1 saturated heterocycles. The van der Waals surface area contributed by atoms with Crippen molar-refractivity contribution in [2.75, 3.05) is 32.8 Å². The van der Waals surface area contributed by atoms with Gasteiger partial charge in [0.25, 0.3) is 5.92 Å². The molecule has 0 N–H and O–H groups in total. The van der Waals surface area contributed by atoms with E-state index in [0.717, 1.165) is 39.1 Å². The van der Waals surface area contributed by atoms with Gasteiger partial charge in [-0.05, 0) is 44.6 Å². The summed E-state index contributed by atoms with van der Waals surface area (Å²) < 4.78 is 31.8. The second kappa shape index (κ2) is 5.61. The SMILES string of the molecule is CCOCC1CC(CN2CCCC(F)(F)C2)C1. The van der Waals surface area contributed by atoms with E-state index in [0.29, 0.717) is 18.3 Å². The lowest BCUT2D eigenvalue weighted by atomic mass is 9.75. The van der Waals surface area contributed by atoms with E-state index in [4.69, 9.17) is 4.74 Å². The molecule has 1 aliphatic heterocycles. The van der Waals surface area contributed by atoms with Crippen LogP contribution in [0.2, 0.25) is 0 Å². The molecule has 4 heteroatoms. The van der Waals surface area contributed by atoms with Crippen molar-refractivity contribution in [3.05, 3.63) is 0 Å². The van der Waals surface area contributed by atoms with Crippen LogP contribution in [0.1, 0.15) is 32.6 Å². The first-order chi connectivity index (χ1) is 8.09. The van der Waals surface area contributed by atoms with Gasteiger partial charge in [0.15, 0.2) is 0 Å². The van der Waals surface area contributed by atoms with Crippen LogP contribution in [0.25, 0.3) is 0 Å². The van der Waals surface area contributed by atoms with Gasteiger partial charge in [-0.25, -0.2) is 8.78 Å². The van der Waals surface area contributed by atoms with Crippen LogP contribution in [0.5, 0.6) is 0 Å². The number of likely N-dealkylation sites (tertiary alicyclic amines) is 1. The molecule has 0 aromatic heterocycles. The largest absolute Gasteiger partial charge is 0.381 e. The Morgan fingerprint density at radius 2 is 2.06 bits per heavy atom. The Balaban J connectivity index is 1.63. The summed E-state index contributed by atoms with van der Waals surface area (Å²) >= 11 is 0.